The van der Waals surface area contributed by atoms with Gasteiger partial charge in [0.15, 0.2) is 5.96 Å². The molecule has 0 saturated carbocycles. The van der Waals surface area contributed by atoms with Gasteiger partial charge in [0.25, 0.3) is 0 Å². The van der Waals surface area contributed by atoms with E-state index >= 15 is 0 Å². The van der Waals surface area contributed by atoms with Gasteiger partial charge in [-0.15, -0.1) is 24.0 Å². The summed E-state index contributed by atoms with van der Waals surface area (Å²) in [4.78, 5) is 4.15. The summed E-state index contributed by atoms with van der Waals surface area (Å²) >= 11 is 1.83. The van der Waals surface area contributed by atoms with Gasteiger partial charge < -0.3 is 15.4 Å². The molecule has 0 atom stereocenters. The Morgan fingerprint density at radius 3 is 2.44 bits per heavy atom. The summed E-state index contributed by atoms with van der Waals surface area (Å²) in [6.45, 7) is 5.75. The molecule has 0 aromatic heterocycles. The van der Waals surface area contributed by atoms with Crippen LogP contribution in [0.2, 0.25) is 0 Å². The number of guanidine groups is 1. The molecule has 0 amide bonds. The van der Waals surface area contributed by atoms with Crippen molar-refractivity contribution in [2.45, 2.75) is 26.2 Å². The Balaban J connectivity index is 0. The van der Waals surface area contributed by atoms with Crippen LogP contribution in [-0.2, 0) is 4.74 Å². The van der Waals surface area contributed by atoms with E-state index in [1.807, 2.05) is 11.8 Å². The van der Waals surface area contributed by atoms with E-state index < -0.39 is 0 Å². The van der Waals surface area contributed by atoms with Gasteiger partial charge in [-0.1, -0.05) is 13.3 Å². The van der Waals surface area contributed by atoms with Gasteiger partial charge >= 0.3 is 0 Å². The quantitative estimate of drug-likeness (QED) is 0.261. The average Bonchev–Trinajstić information content (AvgIpc) is 2.35. The van der Waals surface area contributed by atoms with Gasteiger partial charge in [0, 0.05) is 39.1 Å². The maximum absolute atomic E-state index is 5.48. The Morgan fingerprint density at radius 2 is 1.83 bits per heavy atom. The molecule has 0 fully saturated rings. The predicted octanol–water partition coefficient (Wildman–Crippen LogP) is 2.34. The van der Waals surface area contributed by atoms with Crippen LogP contribution in [0, 0.1) is 0 Å². The van der Waals surface area contributed by atoms with Gasteiger partial charge in [-0.25, -0.2) is 0 Å². The fraction of sp³-hybridized carbons (Fsp3) is 0.917. The second kappa shape index (κ2) is 17.3. The molecule has 4 nitrogen and oxygen atoms in total. The molecule has 0 heterocycles. The summed E-state index contributed by atoms with van der Waals surface area (Å²) in [5, 5.41) is 6.53. The van der Waals surface area contributed by atoms with Crippen LogP contribution in [0.25, 0.3) is 0 Å². The first-order chi connectivity index (χ1) is 8.35. The zero-order valence-corrected chi connectivity index (χ0v) is 15.0. The van der Waals surface area contributed by atoms with Crippen LogP contribution in [0.1, 0.15) is 26.2 Å². The SMILES string of the molecule is CCCCOCCCNC(=NC)NCCSC.I. The molecule has 0 spiro atoms. The third-order valence-corrected chi connectivity index (χ3v) is 2.83. The predicted molar refractivity (Wildman–Crippen MR) is 93.5 cm³/mol. The molecule has 0 saturated heterocycles. The van der Waals surface area contributed by atoms with E-state index in [2.05, 4.69) is 28.8 Å². The van der Waals surface area contributed by atoms with Crippen LogP contribution >= 0.6 is 35.7 Å². The molecule has 0 aliphatic rings. The van der Waals surface area contributed by atoms with Crippen LogP contribution in [0.4, 0.5) is 0 Å². The van der Waals surface area contributed by atoms with Crippen molar-refractivity contribution in [1.29, 1.82) is 0 Å². The standard InChI is InChI=1S/C12H27N3OS.HI/c1-4-5-9-16-10-6-7-14-12(13-2)15-8-11-17-3;/h4-11H2,1-3H3,(H2,13,14,15);1H. The normalized spacial score (nSPS) is 10.9. The molecule has 110 valence electrons. The minimum absolute atomic E-state index is 0. The summed E-state index contributed by atoms with van der Waals surface area (Å²) in [5.41, 5.74) is 0. The number of ether oxygens (including phenoxy) is 1. The molecule has 0 aromatic carbocycles. The Hall–Kier alpha value is 0.310. The Labute approximate surface area is 133 Å². The lowest BCUT2D eigenvalue weighted by atomic mass is 10.4. The number of nitrogens with one attached hydrogen (secondary N) is 2. The molecule has 0 bridgehead atoms. The van der Waals surface area contributed by atoms with Crippen LogP contribution in [0.3, 0.4) is 0 Å². The smallest absolute Gasteiger partial charge is 0.191 e. The number of aliphatic imine (C=N–C) groups is 1. The number of halogens is 1. The third-order valence-electron chi connectivity index (χ3n) is 2.22. The topological polar surface area (TPSA) is 45.6 Å². The highest BCUT2D eigenvalue weighted by Gasteiger charge is 1.95. The van der Waals surface area contributed by atoms with Crippen LogP contribution < -0.4 is 10.6 Å². The maximum Gasteiger partial charge on any atom is 0.191 e. The van der Waals surface area contributed by atoms with Crippen molar-refractivity contribution in [2.24, 2.45) is 4.99 Å². The lowest BCUT2D eigenvalue weighted by molar-refractivity contribution is 0.129. The van der Waals surface area contributed by atoms with E-state index in [-0.39, 0.29) is 24.0 Å². The third kappa shape index (κ3) is 14.4. The molecule has 18 heavy (non-hydrogen) atoms. The number of thioether (sulfide) groups is 1. The Bertz CT molecular complexity index is 194. The molecular weight excluding hydrogens is 361 g/mol. The number of unbranched alkanes of at least 4 members (excludes halogenated alkanes) is 1. The molecule has 0 aromatic rings. The lowest BCUT2D eigenvalue weighted by Crippen LogP contribution is -2.39. The first kappa shape index (κ1) is 20.6. The second-order valence-corrected chi connectivity index (χ2v) is 4.72. The van der Waals surface area contributed by atoms with Gasteiger partial charge in [0.1, 0.15) is 0 Å². The van der Waals surface area contributed by atoms with Crippen LogP contribution in [0.5, 0.6) is 0 Å². The van der Waals surface area contributed by atoms with Crippen molar-refractivity contribution in [1.82, 2.24) is 10.6 Å². The molecule has 0 rings (SSSR count). The van der Waals surface area contributed by atoms with E-state index in [1.54, 1.807) is 7.05 Å². The number of nitrogens with zero attached hydrogens (tertiary/aromatic N) is 1. The summed E-state index contributed by atoms with van der Waals surface area (Å²) in [6.07, 6.45) is 5.48. The van der Waals surface area contributed by atoms with Gasteiger partial charge in [0.05, 0.1) is 0 Å². The molecule has 0 aliphatic heterocycles. The number of rotatable bonds is 10. The highest BCUT2D eigenvalue weighted by atomic mass is 127. The van der Waals surface area contributed by atoms with E-state index in [0.29, 0.717) is 0 Å². The second-order valence-electron chi connectivity index (χ2n) is 3.74. The summed E-state index contributed by atoms with van der Waals surface area (Å²) in [7, 11) is 1.80. The number of hydrogen-bond donors (Lipinski definition) is 2. The Kier molecular flexibility index (Phi) is 19.8. The molecule has 6 heteroatoms. The van der Waals surface area contributed by atoms with Crippen molar-refractivity contribution in [2.75, 3.05) is 45.4 Å². The average molecular weight is 389 g/mol. The number of hydrogen-bond acceptors (Lipinski definition) is 3. The highest BCUT2D eigenvalue weighted by Crippen LogP contribution is 1.89. The minimum Gasteiger partial charge on any atom is -0.381 e. The summed E-state index contributed by atoms with van der Waals surface area (Å²) in [5.74, 6) is 1.98. The zero-order valence-electron chi connectivity index (χ0n) is 11.8. The van der Waals surface area contributed by atoms with Gasteiger partial charge in [0.2, 0.25) is 0 Å². The first-order valence-corrected chi connectivity index (χ1v) is 7.75. The van der Waals surface area contributed by atoms with Crippen molar-refractivity contribution >= 4 is 41.7 Å². The highest BCUT2D eigenvalue weighted by molar-refractivity contribution is 14.0. The van der Waals surface area contributed by atoms with E-state index in [0.717, 1.165) is 50.9 Å². The molecule has 0 aliphatic carbocycles. The Morgan fingerprint density at radius 1 is 1.17 bits per heavy atom. The maximum atomic E-state index is 5.48. The lowest BCUT2D eigenvalue weighted by Gasteiger charge is -2.11. The van der Waals surface area contributed by atoms with Crippen LogP contribution in [-0.4, -0.2) is 51.3 Å². The molecule has 2 N–H and O–H groups in total. The summed E-state index contributed by atoms with van der Waals surface area (Å²) in [6, 6.07) is 0. The van der Waals surface area contributed by atoms with Gasteiger partial charge in [-0.05, 0) is 19.1 Å². The van der Waals surface area contributed by atoms with E-state index in [4.69, 9.17) is 4.74 Å². The fourth-order valence-electron chi connectivity index (χ4n) is 1.22. The van der Waals surface area contributed by atoms with E-state index in [1.165, 1.54) is 6.42 Å². The molecule has 0 radical (unpaired) electrons. The molecular formula is C12H28IN3OS. The van der Waals surface area contributed by atoms with Crippen molar-refractivity contribution in [3.63, 3.8) is 0 Å². The minimum atomic E-state index is 0. The fourth-order valence-corrected chi connectivity index (χ4v) is 1.53. The zero-order chi connectivity index (χ0) is 12.8. The van der Waals surface area contributed by atoms with Crippen molar-refractivity contribution < 1.29 is 4.74 Å². The van der Waals surface area contributed by atoms with Gasteiger partial charge in [-0.3, -0.25) is 4.99 Å². The molecule has 0 unspecified atom stereocenters. The monoisotopic (exact) mass is 389 g/mol. The van der Waals surface area contributed by atoms with Crippen molar-refractivity contribution in [3.8, 4) is 0 Å². The summed E-state index contributed by atoms with van der Waals surface area (Å²) < 4.78 is 5.48. The van der Waals surface area contributed by atoms with Gasteiger partial charge in [-0.2, -0.15) is 11.8 Å². The van der Waals surface area contributed by atoms with E-state index in [9.17, 15) is 0 Å². The van der Waals surface area contributed by atoms with Crippen LogP contribution in [0.15, 0.2) is 4.99 Å². The first-order valence-electron chi connectivity index (χ1n) is 6.36. The largest absolute Gasteiger partial charge is 0.381 e. The van der Waals surface area contributed by atoms with Crippen molar-refractivity contribution in [3.05, 3.63) is 0 Å².